The molecule has 0 bridgehead atoms. The highest BCUT2D eigenvalue weighted by molar-refractivity contribution is 7.10. The van der Waals surface area contributed by atoms with Gasteiger partial charge in [0.25, 0.3) is 5.91 Å². The molecule has 1 aromatic heterocycles. The Balaban J connectivity index is 1.43. The fraction of sp³-hybridized carbons (Fsp3) is 0.667. The molecule has 3 amide bonds. The number of aryl methyl sites for hydroxylation is 1. The second-order valence-electron chi connectivity index (χ2n) is 6.68. The van der Waals surface area contributed by atoms with Gasteiger partial charge in [-0.2, -0.15) is 0 Å². The summed E-state index contributed by atoms with van der Waals surface area (Å²) in [6.07, 6.45) is 3.20. The van der Waals surface area contributed by atoms with Gasteiger partial charge in [0.2, 0.25) is 0 Å². The molecule has 1 N–H and O–H groups in total. The predicted octanol–water partition coefficient (Wildman–Crippen LogP) is 2.02. The second-order valence-corrected chi connectivity index (χ2v) is 7.68. The summed E-state index contributed by atoms with van der Waals surface area (Å²) in [4.78, 5) is 29.8. The molecule has 138 valence electrons. The predicted molar refractivity (Wildman–Crippen MR) is 97.9 cm³/mol. The third-order valence-corrected chi connectivity index (χ3v) is 5.98. The Bertz CT molecular complexity index is 598. The van der Waals surface area contributed by atoms with E-state index in [-0.39, 0.29) is 18.0 Å². The minimum atomic E-state index is -0.269. The average Bonchev–Trinajstić information content (AvgIpc) is 3.21. The Kier molecular flexibility index (Phi) is 6.31. The molecule has 7 heteroatoms. The van der Waals surface area contributed by atoms with Crippen LogP contribution in [0.1, 0.15) is 29.7 Å². The van der Waals surface area contributed by atoms with Gasteiger partial charge in [-0.3, -0.25) is 4.79 Å². The molecule has 2 aliphatic rings. The van der Waals surface area contributed by atoms with E-state index in [1.807, 2.05) is 9.80 Å². The molecular weight excluding hydrogens is 338 g/mol. The van der Waals surface area contributed by atoms with Crippen LogP contribution in [0.3, 0.4) is 0 Å². The van der Waals surface area contributed by atoms with Crippen molar-refractivity contribution in [1.82, 2.24) is 15.1 Å². The van der Waals surface area contributed by atoms with Gasteiger partial charge in [-0.25, -0.2) is 4.79 Å². The van der Waals surface area contributed by atoms with Crippen molar-refractivity contribution in [2.24, 2.45) is 0 Å². The third-order valence-electron chi connectivity index (χ3n) is 4.90. The summed E-state index contributed by atoms with van der Waals surface area (Å²) in [5, 5.41) is 5.09. The van der Waals surface area contributed by atoms with Crippen LogP contribution in [0.15, 0.2) is 11.4 Å². The molecule has 25 heavy (non-hydrogen) atoms. The van der Waals surface area contributed by atoms with E-state index in [1.165, 1.54) is 10.4 Å². The maximum Gasteiger partial charge on any atom is 0.317 e. The maximum absolute atomic E-state index is 12.4. The first-order valence-corrected chi connectivity index (χ1v) is 9.99. The van der Waals surface area contributed by atoms with Crippen LogP contribution in [0.4, 0.5) is 4.79 Å². The Hall–Kier alpha value is -1.60. The van der Waals surface area contributed by atoms with Gasteiger partial charge in [-0.1, -0.05) is 0 Å². The van der Waals surface area contributed by atoms with Crippen molar-refractivity contribution in [2.45, 2.75) is 38.7 Å². The smallest absolute Gasteiger partial charge is 0.317 e. The maximum atomic E-state index is 12.4. The first kappa shape index (κ1) is 18.2. The number of thiophene rings is 1. The van der Waals surface area contributed by atoms with E-state index in [9.17, 15) is 9.59 Å². The van der Waals surface area contributed by atoms with Crippen molar-refractivity contribution >= 4 is 23.3 Å². The molecule has 6 nitrogen and oxygen atoms in total. The largest absolute Gasteiger partial charge is 0.368 e. The average molecular weight is 365 g/mol. The number of carbonyl (C=O) groups excluding carboxylic acids is 2. The summed E-state index contributed by atoms with van der Waals surface area (Å²) in [5.41, 5.74) is 1.29. The van der Waals surface area contributed by atoms with E-state index < -0.39 is 0 Å². The third kappa shape index (κ3) is 4.73. The number of carbonyl (C=O) groups is 2. The van der Waals surface area contributed by atoms with Crippen molar-refractivity contribution in [3.8, 4) is 0 Å². The molecule has 1 aromatic rings. The van der Waals surface area contributed by atoms with Crippen LogP contribution in [0.2, 0.25) is 0 Å². The molecular formula is C18H27N3O3S. The van der Waals surface area contributed by atoms with Crippen LogP contribution in [-0.4, -0.2) is 67.2 Å². The molecule has 3 rings (SSSR count). The van der Waals surface area contributed by atoms with Crippen LogP contribution in [0.25, 0.3) is 0 Å². The van der Waals surface area contributed by atoms with Gasteiger partial charge in [-0.05, 0) is 49.6 Å². The minimum Gasteiger partial charge on any atom is -0.368 e. The summed E-state index contributed by atoms with van der Waals surface area (Å²) in [6.45, 7) is 6.01. The fourth-order valence-electron chi connectivity index (χ4n) is 3.37. The van der Waals surface area contributed by atoms with Gasteiger partial charge in [0, 0.05) is 44.2 Å². The van der Waals surface area contributed by atoms with Crippen molar-refractivity contribution in [3.63, 3.8) is 0 Å². The number of amides is 3. The summed E-state index contributed by atoms with van der Waals surface area (Å²) in [5.74, 6) is 0.0907. The molecule has 3 heterocycles. The topological polar surface area (TPSA) is 61.9 Å². The zero-order valence-corrected chi connectivity index (χ0v) is 15.6. The number of rotatable bonds is 4. The first-order valence-electron chi connectivity index (χ1n) is 9.11. The van der Waals surface area contributed by atoms with E-state index >= 15 is 0 Å². The highest BCUT2D eigenvalue weighted by Gasteiger charge is 2.30. The zero-order valence-electron chi connectivity index (χ0n) is 14.8. The van der Waals surface area contributed by atoms with Gasteiger partial charge >= 0.3 is 6.03 Å². The van der Waals surface area contributed by atoms with Crippen LogP contribution < -0.4 is 5.32 Å². The Morgan fingerprint density at radius 1 is 1.24 bits per heavy atom. The standard InChI is InChI=1S/C18H27N3O3S/c1-14-6-13-25-16(14)5-7-19-18(23)21-9-3-8-20(10-11-21)17(22)15-4-2-12-24-15/h6,13,15H,2-5,7-12H2,1H3,(H,19,23)/t15-/m1/s1. The van der Waals surface area contributed by atoms with Gasteiger partial charge in [0.05, 0.1) is 0 Å². The summed E-state index contributed by atoms with van der Waals surface area (Å²) in [7, 11) is 0. The molecule has 0 spiro atoms. The molecule has 2 fully saturated rings. The molecule has 1 atom stereocenters. The Morgan fingerprint density at radius 3 is 2.76 bits per heavy atom. The molecule has 2 aliphatic heterocycles. The highest BCUT2D eigenvalue weighted by atomic mass is 32.1. The number of hydrogen-bond donors (Lipinski definition) is 1. The van der Waals surface area contributed by atoms with Gasteiger partial charge in [0.1, 0.15) is 6.10 Å². The summed E-state index contributed by atoms with van der Waals surface area (Å²) >= 11 is 1.73. The zero-order chi connectivity index (χ0) is 17.6. The second kappa shape index (κ2) is 8.67. The molecule has 0 radical (unpaired) electrons. The number of nitrogens with one attached hydrogen (secondary N) is 1. The van der Waals surface area contributed by atoms with Crippen LogP contribution in [0, 0.1) is 6.92 Å². The van der Waals surface area contributed by atoms with Crippen LogP contribution in [0.5, 0.6) is 0 Å². The lowest BCUT2D eigenvalue weighted by atomic mass is 10.2. The first-order chi connectivity index (χ1) is 12.1. The molecule has 0 saturated carbocycles. The normalized spacial score (nSPS) is 21.2. The van der Waals surface area contributed by atoms with E-state index in [4.69, 9.17) is 4.74 Å². The lowest BCUT2D eigenvalue weighted by molar-refractivity contribution is -0.140. The summed E-state index contributed by atoms with van der Waals surface area (Å²) < 4.78 is 5.50. The lowest BCUT2D eigenvalue weighted by Crippen LogP contribution is -2.44. The van der Waals surface area contributed by atoms with E-state index in [0.717, 1.165) is 25.7 Å². The molecule has 2 saturated heterocycles. The van der Waals surface area contributed by atoms with Crippen molar-refractivity contribution in [3.05, 3.63) is 21.9 Å². The molecule has 0 aromatic carbocycles. The van der Waals surface area contributed by atoms with Crippen molar-refractivity contribution in [2.75, 3.05) is 39.3 Å². The van der Waals surface area contributed by atoms with Gasteiger partial charge in [0.15, 0.2) is 0 Å². The highest BCUT2D eigenvalue weighted by Crippen LogP contribution is 2.17. The van der Waals surface area contributed by atoms with Crippen molar-refractivity contribution in [1.29, 1.82) is 0 Å². The Labute approximate surface area is 153 Å². The number of urea groups is 1. The fourth-order valence-corrected chi connectivity index (χ4v) is 4.28. The monoisotopic (exact) mass is 365 g/mol. The molecule has 0 unspecified atom stereocenters. The van der Waals surface area contributed by atoms with Crippen LogP contribution >= 0.6 is 11.3 Å². The van der Waals surface area contributed by atoms with Crippen LogP contribution in [-0.2, 0) is 16.0 Å². The minimum absolute atomic E-state index is 0.0272. The van der Waals surface area contributed by atoms with Gasteiger partial charge < -0.3 is 19.9 Å². The Morgan fingerprint density at radius 2 is 2.04 bits per heavy atom. The van der Waals surface area contributed by atoms with Gasteiger partial charge in [-0.15, -0.1) is 11.3 Å². The lowest BCUT2D eigenvalue weighted by Gasteiger charge is -2.24. The SMILES string of the molecule is Cc1ccsc1CCNC(=O)N1CCCN(C(=O)[C@H]2CCCO2)CC1. The number of ether oxygens (including phenoxy) is 1. The number of nitrogens with zero attached hydrogens (tertiary/aromatic N) is 2. The van der Waals surface area contributed by atoms with E-state index in [2.05, 4.69) is 23.7 Å². The quantitative estimate of drug-likeness (QED) is 0.888. The number of hydrogen-bond acceptors (Lipinski definition) is 4. The van der Waals surface area contributed by atoms with E-state index in [0.29, 0.717) is 39.3 Å². The van der Waals surface area contributed by atoms with Crippen molar-refractivity contribution < 1.29 is 14.3 Å². The van der Waals surface area contributed by atoms with E-state index in [1.54, 1.807) is 11.3 Å². The summed E-state index contributed by atoms with van der Waals surface area (Å²) in [6, 6.07) is 2.08. The molecule has 0 aliphatic carbocycles.